The van der Waals surface area contributed by atoms with E-state index in [4.69, 9.17) is 9.84 Å². The van der Waals surface area contributed by atoms with Gasteiger partial charge in [0, 0.05) is 0 Å². The second-order valence-corrected chi connectivity index (χ2v) is 4.90. The average molecular weight is 273 g/mol. The number of hydrogen-bond acceptors (Lipinski definition) is 3. The molecule has 112 valence electrons. The summed E-state index contributed by atoms with van der Waals surface area (Å²) in [5.74, 6) is -1.14. The third-order valence-corrected chi connectivity index (χ3v) is 3.23. The van der Waals surface area contributed by atoms with Crippen LogP contribution in [0.2, 0.25) is 0 Å². The number of alkyl carbamates (subject to hydrolysis) is 1. The van der Waals surface area contributed by atoms with Crippen LogP contribution in [-0.4, -0.2) is 29.8 Å². The van der Waals surface area contributed by atoms with Crippen molar-refractivity contribution in [3.63, 3.8) is 0 Å². The van der Waals surface area contributed by atoms with Gasteiger partial charge in [0.05, 0.1) is 6.61 Å². The van der Waals surface area contributed by atoms with Crippen LogP contribution in [0.4, 0.5) is 4.79 Å². The molecule has 0 saturated heterocycles. The lowest BCUT2D eigenvalue weighted by molar-refractivity contribution is -0.140. The van der Waals surface area contributed by atoms with E-state index in [-0.39, 0.29) is 5.92 Å². The zero-order valence-corrected chi connectivity index (χ0v) is 12.3. The molecule has 0 aliphatic rings. The fourth-order valence-electron chi connectivity index (χ4n) is 1.72. The van der Waals surface area contributed by atoms with Gasteiger partial charge in [-0.3, -0.25) is 0 Å². The third kappa shape index (κ3) is 8.46. The summed E-state index contributed by atoms with van der Waals surface area (Å²) < 4.78 is 4.98. The number of amides is 1. The second kappa shape index (κ2) is 10.6. The number of unbranched alkanes of at least 4 members (excludes halogenated alkanes) is 4. The molecule has 1 amide bonds. The molecule has 0 heterocycles. The van der Waals surface area contributed by atoms with Gasteiger partial charge in [0.15, 0.2) is 0 Å². The molecule has 0 aliphatic heterocycles. The summed E-state index contributed by atoms with van der Waals surface area (Å²) in [5, 5.41) is 11.4. The molecular weight excluding hydrogens is 246 g/mol. The Kier molecular flexibility index (Phi) is 9.94. The standard InChI is InChI=1S/C14H27NO4/c1-4-6-7-8-9-10-19-14(18)15-12(13(16)17)11(3)5-2/h11-12H,4-10H2,1-3H3,(H,15,18)(H,16,17). The van der Waals surface area contributed by atoms with Gasteiger partial charge in [-0.2, -0.15) is 0 Å². The molecule has 0 aliphatic carbocycles. The van der Waals surface area contributed by atoms with Crippen LogP contribution in [0.15, 0.2) is 0 Å². The molecule has 0 rings (SSSR count). The van der Waals surface area contributed by atoms with Crippen LogP contribution in [0.5, 0.6) is 0 Å². The van der Waals surface area contributed by atoms with Crippen molar-refractivity contribution < 1.29 is 19.4 Å². The molecule has 0 aromatic carbocycles. The Balaban J connectivity index is 3.85. The van der Waals surface area contributed by atoms with Crippen LogP contribution in [0, 0.1) is 5.92 Å². The summed E-state index contributed by atoms with van der Waals surface area (Å²) >= 11 is 0. The molecule has 2 atom stereocenters. The first-order valence-corrected chi connectivity index (χ1v) is 7.19. The number of carbonyl (C=O) groups excluding carboxylic acids is 1. The topological polar surface area (TPSA) is 75.6 Å². The highest BCUT2D eigenvalue weighted by molar-refractivity contribution is 5.80. The van der Waals surface area contributed by atoms with Crippen LogP contribution in [0.1, 0.15) is 59.3 Å². The van der Waals surface area contributed by atoms with E-state index in [1.165, 1.54) is 12.8 Å². The SMILES string of the molecule is CCCCCCCOC(=O)NC(C(=O)O)C(C)CC. The molecule has 5 nitrogen and oxygen atoms in total. The fraction of sp³-hybridized carbons (Fsp3) is 0.857. The van der Waals surface area contributed by atoms with Gasteiger partial charge >= 0.3 is 12.1 Å². The maximum Gasteiger partial charge on any atom is 0.407 e. The lowest BCUT2D eigenvalue weighted by atomic mass is 10.00. The molecule has 2 unspecified atom stereocenters. The summed E-state index contributed by atoms with van der Waals surface area (Å²) in [4.78, 5) is 22.5. The Morgan fingerprint density at radius 3 is 2.32 bits per heavy atom. The summed E-state index contributed by atoms with van der Waals surface area (Å²) in [6.07, 6.45) is 5.44. The van der Waals surface area contributed by atoms with Gasteiger partial charge in [0.1, 0.15) is 6.04 Å². The first kappa shape index (κ1) is 17.7. The van der Waals surface area contributed by atoms with Gasteiger partial charge in [-0.15, -0.1) is 0 Å². The van der Waals surface area contributed by atoms with E-state index in [0.29, 0.717) is 13.0 Å². The van der Waals surface area contributed by atoms with Crippen molar-refractivity contribution in [2.45, 2.75) is 65.3 Å². The normalized spacial score (nSPS) is 13.6. The number of hydrogen-bond donors (Lipinski definition) is 2. The van der Waals surface area contributed by atoms with Crippen molar-refractivity contribution in [1.82, 2.24) is 5.32 Å². The lowest BCUT2D eigenvalue weighted by Gasteiger charge is -2.19. The number of carboxylic acid groups (broad SMARTS) is 1. The first-order valence-electron chi connectivity index (χ1n) is 7.19. The summed E-state index contributed by atoms with van der Waals surface area (Å²) in [5.41, 5.74) is 0. The molecule has 2 N–H and O–H groups in total. The van der Waals surface area contributed by atoms with Gasteiger partial charge in [-0.1, -0.05) is 52.9 Å². The molecule has 0 aromatic rings. The fourth-order valence-corrected chi connectivity index (χ4v) is 1.72. The summed E-state index contributed by atoms with van der Waals surface area (Å²) in [6, 6.07) is -0.877. The molecule has 0 saturated carbocycles. The molecule has 0 spiro atoms. The Labute approximate surface area is 115 Å². The largest absolute Gasteiger partial charge is 0.480 e. The van der Waals surface area contributed by atoms with Crippen LogP contribution in [0.25, 0.3) is 0 Å². The van der Waals surface area contributed by atoms with Crippen molar-refractivity contribution in [2.75, 3.05) is 6.61 Å². The summed E-state index contributed by atoms with van der Waals surface area (Å²) in [7, 11) is 0. The number of rotatable bonds is 10. The Morgan fingerprint density at radius 1 is 1.16 bits per heavy atom. The molecule has 5 heteroatoms. The van der Waals surface area contributed by atoms with Gasteiger partial charge in [0.25, 0.3) is 0 Å². The highest BCUT2D eigenvalue weighted by Gasteiger charge is 2.25. The molecule has 19 heavy (non-hydrogen) atoms. The molecule has 0 bridgehead atoms. The van der Waals surface area contributed by atoms with Gasteiger partial charge in [-0.05, 0) is 12.3 Å². The summed E-state index contributed by atoms with van der Waals surface area (Å²) in [6.45, 7) is 6.18. The Morgan fingerprint density at radius 2 is 1.79 bits per heavy atom. The second-order valence-electron chi connectivity index (χ2n) is 4.90. The molecule has 0 aromatic heterocycles. The minimum Gasteiger partial charge on any atom is -0.480 e. The predicted molar refractivity (Wildman–Crippen MR) is 74.1 cm³/mol. The lowest BCUT2D eigenvalue weighted by Crippen LogP contribution is -2.45. The first-order chi connectivity index (χ1) is 9.02. The quantitative estimate of drug-likeness (QED) is 0.599. The third-order valence-electron chi connectivity index (χ3n) is 3.23. The van der Waals surface area contributed by atoms with Gasteiger partial charge < -0.3 is 15.2 Å². The maximum absolute atomic E-state index is 11.5. The minimum absolute atomic E-state index is 0.116. The van der Waals surface area contributed by atoms with E-state index < -0.39 is 18.1 Å². The molecule has 0 radical (unpaired) electrons. The van der Waals surface area contributed by atoms with E-state index in [0.717, 1.165) is 19.3 Å². The highest BCUT2D eigenvalue weighted by Crippen LogP contribution is 2.08. The van der Waals surface area contributed by atoms with E-state index in [1.54, 1.807) is 6.92 Å². The number of carboxylic acids is 1. The van der Waals surface area contributed by atoms with Crippen molar-refractivity contribution in [1.29, 1.82) is 0 Å². The van der Waals surface area contributed by atoms with E-state index in [1.807, 2.05) is 6.92 Å². The Bertz CT molecular complexity index is 268. The maximum atomic E-state index is 11.5. The number of ether oxygens (including phenoxy) is 1. The average Bonchev–Trinajstić information content (AvgIpc) is 2.38. The van der Waals surface area contributed by atoms with Gasteiger partial charge in [0.2, 0.25) is 0 Å². The minimum atomic E-state index is -1.02. The van der Waals surface area contributed by atoms with E-state index >= 15 is 0 Å². The predicted octanol–water partition coefficient (Wildman–Crippen LogP) is 3.18. The van der Waals surface area contributed by atoms with Crippen LogP contribution >= 0.6 is 0 Å². The zero-order chi connectivity index (χ0) is 14.7. The highest BCUT2D eigenvalue weighted by atomic mass is 16.5. The van der Waals surface area contributed by atoms with Crippen LogP contribution in [0.3, 0.4) is 0 Å². The van der Waals surface area contributed by atoms with Crippen molar-refractivity contribution >= 4 is 12.1 Å². The number of aliphatic carboxylic acids is 1. The van der Waals surface area contributed by atoms with Gasteiger partial charge in [-0.25, -0.2) is 9.59 Å². The monoisotopic (exact) mass is 273 g/mol. The molecular formula is C14H27NO4. The van der Waals surface area contributed by atoms with E-state index in [2.05, 4.69) is 12.2 Å². The van der Waals surface area contributed by atoms with Crippen molar-refractivity contribution in [3.8, 4) is 0 Å². The zero-order valence-electron chi connectivity index (χ0n) is 12.3. The van der Waals surface area contributed by atoms with E-state index in [9.17, 15) is 9.59 Å². The van der Waals surface area contributed by atoms with Crippen molar-refractivity contribution in [2.24, 2.45) is 5.92 Å². The Hall–Kier alpha value is -1.26. The van der Waals surface area contributed by atoms with Crippen molar-refractivity contribution in [3.05, 3.63) is 0 Å². The number of nitrogens with one attached hydrogen (secondary N) is 1. The molecule has 0 fully saturated rings. The van der Waals surface area contributed by atoms with Crippen LogP contribution < -0.4 is 5.32 Å². The number of carbonyl (C=O) groups is 2. The van der Waals surface area contributed by atoms with Crippen LogP contribution in [-0.2, 0) is 9.53 Å². The smallest absolute Gasteiger partial charge is 0.407 e.